The second-order valence-electron chi connectivity index (χ2n) is 14.4. The molecule has 3 amide bonds. The number of hydrogen-bond acceptors (Lipinski definition) is 6. The highest BCUT2D eigenvalue weighted by Gasteiger charge is 2.38. The third-order valence-electron chi connectivity index (χ3n) is 7.01. The zero-order valence-electron chi connectivity index (χ0n) is 29.7. The van der Waals surface area contributed by atoms with Crippen LogP contribution >= 0.6 is 0 Å². The molecule has 3 atom stereocenters. The first-order chi connectivity index (χ1) is 21.3. The number of amides is 3. The van der Waals surface area contributed by atoms with E-state index in [1.807, 2.05) is 83.1 Å². The van der Waals surface area contributed by atoms with Crippen LogP contribution in [0.4, 0.5) is 4.79 Å². The standard InChI is InChI=1S/C37H55N3O6/c1-12-20-40(33(42)29(21-24(2)3)39-35(44)46-37(9,10)11)31(28-19-18-25(4)22-26(28)5)32(41)38-30(34(43)45-36(6,7)8)23-27-16-14-13-15-17-27/h13-19,22,24,29-31H,12,20-21,23H2,1-11H3,(H,38,41)(H,39,44). The second kappa shape index (κ2) is 16.6. The van der Waals surface area contributed by atoms with Crippen molar-refractivity contribution in [3.63, 3.8) is 0 Å². The van der Waals surface area contributed by atoms with Crippen molar-refractivity contribution in [1.82, 2.24) is 15.5 Å². The van der Waals surface area contributed by atoms with Crippen LogP contribution in [0.5, 0.6) is 0 Å². The molecule has 0 saturated heterocycles. The molecule has 0 fully saturated rings. The summed E-state index contributed by atoms with van der Waals surface area (Å²) in [7, 11) is 0. The minimum atomic E-state index is -1.08. The molecule has 9 heteroatoms. The Morgan fingerprint density at radius 3 is 1.96 bits per heavy atom. The molecule has 0 radical (unpaired) electrons. The zero-order valence-corrected chi connectivity index (χ0v) is 29.7. The summed E-state index contributed by atoms with van der Waals surface area (Å²) in [5.41, 5.74) is 1.79. The minimum Gasteiger partial charge on any atom is -0.458 e. The number of aryl methyl sites for hydroxylation is 2. The zero-order chi connectivity index (χ0) is 34.8. The van der Waals surface area contributed by atoms with Crippen molar-refractivity contribution in [3.05, 3.63) is 70.8 Å². The van der Waals surface area contributed by atoms with Crippen LogP contribution < -0.4 is 10.6 Å². The van der Waals surface area contributed by atoms with Gasteiger partial charge in [-0.05, 0) is 90.8 Å². The van der Waals surface area contributed by atoms with Gasteiger partial charge in [0.05, 0.1) is 0 Å². The molecule has 0 aromatic heterocycles. The van der Waals surface area contributed by atoms with Gasteiger partial charge in [-0.15, -0.1) is 0 Å². The summed E-state index contributed by atoms with van der Waals surface area (Å²) in [6, 6.07) is 12.1. The average molecular weight is 638 g/mol. The Morgan fingerprint density at radius 1 is 0.826 bits per heavy atom. The van der Waals surface area contributed by atoms with Gasteiger partial charge in [-0.3, -0.25) is 9.59 Å². The number of nitrogens with one attached hydrogen (secondary N) is 2. The van der Waals surface area contributed by atoms with Gasteiger partial charge < -0.3 is 25.0 Å². The summed E-state index contributed by atoms with van der Waals surface area (Å²) in [5, 5.41) is 5.73. The molecule has 0 bridgehead atoms. The van der Waals surface area contributed by atoms with E-state index in [4.69, 9.17) is 9.47 Å². The topological polar surface area (TPSA) is 114 Å². The molecule has 2 N–H and O–H groups in total. The summed E-state index contributed by atoms with van der Waals surface area (Å²) in [4.78, 5) is 56.8. The lowest BCUT2D eigenvalue weighted by atomic mass is 9.94. The van der Waals surface area contributed by atoms with E-state index in [1.54, 1.807) is 41.5 Å². The monoisotopic (exact) mass is 637 g/mol. The number of rotatable bonds is 13. The van der Waals surface area contributed by atoms with E-state index in [2.05, 4.69) is 10.6 Å². The van der Waals surface area contributed by atoms with E-state index in [-0.39, 0.29) is 18.9 Å². The first-order valence-electron chi connectivity index (χ1n) is 16.3. The van der Waals surface area contributed by atoms with Gasteiger partial charge in [0.25, 0.3) is 0 Å². The molecule has 254 valence electrons. The van der Waals surface area contributed by atoms with Gasteiger partial charge in [-0.2, -0.15) is 0 Å². The normalized spacial score (nSPS) is 13.7. The van der Waals surface area contributed by atoms with Crippen LogP contribution in [0, 0.1) is 19.8 Å². The summed E-state index contributed by atoms with van der Waals surface area (Å²) in [6.07, 6.45) is 0.400. The Morgan fingerprint density at radius 2 is 1.43 bits per heavy atom. The largest absolute Gasteiger partial charge is 0.458 e. The molecule has 2 aromatic rings. The molecule has 46 heavy (non-hydrogen) atoms. The van der Waals surface area contributed by atoms with Gasteiger partial charge in [-0.1, -0.05) is 74.9 Å². The maximum absolute atomic E-state index is 14.5. The number of carbonyl (C=O) groups excluding carboxylic acids is 4. The summed E-state index contributed by atoms with van der Waals surface area (Å²) < 4.78 is 11.2. The number of hydrogen-bond donors (Lipinski definition) is 2. The minimum absolute atomic E-state index is 0.0585. The van der Waals surface area contributed by atoms with Gasteiger partial charge in [0, 0.05) is 13.0 Å². The van der Waals surface area contributed by atoms with Crippen molar-refractivity contribution < 1.29 is 28.7 Å². The predicted molar refractivity (Wildman–Crippen MR) is 181 cm³/mol. The Kier molecular flexibility index (Phi) is 13.8. The molecule has 0 spiro atoms. The second-order valence-corrected chi connectivity index (χ2v) is 14.4. The average Bonchev–Trinajstić information content (AvgIpc) is 2.91. The van der Waals surface area contributed by atoms with Crippen LogP contribution in [0.2, 0.25) is 0 Å². The van der Waals surface area contributed by atoms with E-state index in [1.165, 1.54) is 4.90 Å². The Balaban J connectivity index is 2.62. The quantitative estimate of drug-likeness (QED) is 0.240. The van der Waals surface area contributed by atoms with Crippen molar-refractivity contribution in [2.45, 2.75) is 125 Å². The lowest BCUT2D eigenvalue weighted by Gasteiger charge is -2.36. The van der Waals surface area contributed by atoms with Crippen molar-refractivity contribution in [3.8, 4) is 0 Å². The smallest absolute Gasteiger partial charge is 0.408 e. The Labute approximate surface area is 275 Å². The third kappa shape index (κ3) is 12.5. The molecule has 0 aliphatic carbocycles. The van der Waals surface area contributed by atoms with Crippen molar-refractivity contribution in [2.24, 2.45) is 5.92 Å². The molecule has 2 aromatic carbocycles. The van der Waals surface area contributed by atoms with Gasteiger partial charge >= 0.3 is 12.1 Å². The van der Waals surface area contributed by atoms with Crippen molar-refractivity contribution in [2.75, 3.05) is 6.54 Å². The van der Waals surface area contributed by atoms with Crippen LogP contribution in [0.3, 0.4) is 0 Å². The number of ether oxygens (including phenoxy) is 2. The highest BCUT2D eigenvalue weighted by molar-refractivity contribution is 5.94. The van der Waals surface area contributed by atoms with E-state index in [0.29, 0.717) is 18.4 Å². The molecular weight excluding hydrogens is 582 g/mol. The Hall–Kier alpha value is -3.88. The lowest BCUT2D eigenvalue weighted by Crippen LogP contribution is -2.55. The lowest BCUT2D eigenvalue weighted by molar-refractivity contribution is -0.159. The maximum atomic E-state index is 14.5. The molecule has 3 unspecified atom stereocenters. The molecule has 0 saturated carbocycles. The summed E-state index contributed by atoms with van der Waals surface area (Å²) in [5.74, 6) is -1.43. The fraction of sp³-hybridized carbons (Fsp3) is 0.568. The van der Waals surface area contributed by atoms with E-state index in [0.717, 1.165) is 16.7 Å². The fourth-order valence-electron chi connectivity index (χ4n) is 5.20. The van der Waals surface area contributed by atoms with Crippen LogP contribution in [0.1, 0.15) is 103 Å². The predicted octanol–water partition coefficient (Wildman–Crippen LogP) is 6.59. The number of nitrogens with zero attached hydrogens (tertiary/aromatic N) is 1. The molecule has 0 heterocycles. The van der Waals surface area contributed by atoms with Gasteiger partial charge in [0.1, 0.15) is 29.3 Å². The number of alkyl carbamates (subject to hydrolysis) is 1. The van der Waals surface area contributed by atoms with E-state index < -0.39 is 53.2 Å². The molecule has 0 aliphatic rings. The Bertz CT molecular complexity index is 1330. The summed E-state index contributed by atoms with van der Waals surface area (Å²) in [6.45, 7) is 20.6. The molecule has 2 rings (SSSR count). The van der Waals surface area contributed by atoms with Crippen LogP contribution in [-0.4, -0.2) is 58.6 Å². The van der Waals surface area contributed by atoms with E-state index in [9.17, 15) is 19.2 Å². The highest BCUT2D eigenvalue weighted by atomic mass is 16.6. The first kappa shape index (κ1) is 38.3. The van der Waals surface area contributed by atoms with Crippen LogP contribution in [-0.2, 0) is 30.3 Å². The first-order valence-corrected chi connectivity index (χ1v) is 16.3. The highest BCUT2D eigenvalue weighted by Crippen LogP contribution is 2.28. The molecular formula is C37H55N3O6. The molecule has 0 aliphatic heterocycles. The summed E-state index contributed by atoms with van der Waals surface area (Å²) >= 11 is 0. The number of carbonyl (C=O) groups is 4. The van der Waals surface area contributed by atoms with Crippen molar-refractivity contribution >= 4 is 23.9 Å². The van der Waals surface area contributed by atoms with Crippen LogP contribution in [0.15, 0.2) is 48.5 Å². The SMILES string of the molecule is CCCN(C(=O)C(CC(C)C)NC(=O)OC(C)(C)C)C(C(=O)NC(Cc1ccccc1)C(=O)OC(C)(C)C)c1ccc(C)cc1C. The van der Waals surface area contributed by atoms with Gasteiger partial charge in [0.15, 0.2) is 0 Å². The number of benzene rings is 2. The van der Waals surface area contributed by atoms with E-state index >= 15 is 0 Å². The maximum Gasteiger partial charge on any atom is 0.408 e. The van der Waals surface area contributed by atoms with Crippen molar-refractivity contribution in [1.29, 1.82) is 0 Å². The number of esters is 1. The fourth-order valence-corrected chi connectivity index (χ4v) is 5.20. The van der Waals surface area contributed by atoms with Crippen LogP contribution in [0.25, 0.3) is 0 Å². The van der Waals surface area contributed by atoms with Gasteiger partial charge in [0.2, 0.25) is 11.8 Å². The molecule has 9 nitrogen and oxygen atoms in total. The van der Waals surface area contributed by atoms with Gasteiger partial charge in [-0.25, -0.2) is 9.59 Å². The third-order valence-corrected chi connectivity index (χ3v) is 7.01.